The van der Waals surface area contributed by atoms with Crippen LogP contribution in [0.5, 0.6) is 5.75 Å². The molecule has 8 nitrogen and oxygen atoms in total. The predicted octanol–water partition coefficient (Wildman–Crippen LogP) is 2.67. The Balaban J connectivity index is 1.58. The number of nitrogens with one attached hydrogen (secondary N) is 3. The molecule has 31 heavy (non-hydrogen) atoms. The smallest absolute Gasteiger partial charge is 0.150 e. The molecule has 1 atom stereocenters. The lowest BCUT2D eigenvalue weighted by Crippen LogP contribution is -2.42. The fourth-order valence-corrected chi connectivity index (χ4v) is 3.24. The molecule has 1 saturated heterocycles. The van der Waals surface area contributed by atoms with Gasteiger partial charge in [0.2, 0.25) is 0 Å². The van der Waals surface area contributed by atoms with E-state index in [0.717, 1.165) is 35.7 Å². The molecule has 0 bridgehead atoms. The van der Waals surface area contributed by atoms with Crippen LogP contribution < -0.4 is 20.7 Å². The number of ether oxygens (including phenoxy) is 2. The van der Waals surface area contributed by atoms with Crippen LogP contribution in [0, 0.1) is 12.3 Å². The zero-order valence-corrected chi connectivity index (χ0v) is 17.3. The van der Waals surface area contributed by atoms with Crippen molar-refractivity contribution in [3.05, 3.63) is 54.6 Å². The van der Waals surface area contributed by atoms with Gasteiger partial charge in [0.15, 0.2) is 0 Å². The lowest BCUT2D eigenvalue weighted by molar-refractivity contribution is 0.0372. The molecule has 0 radical (unpaired) electrons. The molecule has 1 aliphatic rings. The molecule has 0 saturated carbocycles. The van der Waals surface area contributed by atoms with Crippen molar-refractivity contribution < 1.29 is 9.47 Å². The third-order valence-corrected chi connectivity index (χ3v) is 4.89. The first-order valence-electron chi connectivity index (χ1n) is 10.0. The van der Waals surface area contributed by atoms with Crippen molar-refractivity contribution in [2.45, 2.75) is 6.10 Å². The van der Waals surface area contributed by atoms with Crippen LogP contribution >= 0.6 is 0 Å². The number of hydrogen-bond acceptors (Lipinski definition) is 8. The zero-order valence-electron chi connectivity index (χ0n) is 17.3. The average Bonchev–Trinajstić information content (AvgIpc) is 2.84. The van der Waals surface area contributed by atoms with Crippen molar-refractivity contribution in [1.82, 2.24) is 20.3 Å². The van der Waals surface area contributed by atoms with Crippen LogP contribution in [0.1, 0.15) is 5.69 Å². The van der Waals surface area contributed by atoms with Gasteiger partial charge in [-0.3, -0.25) is 0 Å². The minimum absolute atomic E-state index is 0.101. The van der Waals surface area contributed by atoms with Crippen LogP contribution in [0.2, 0.25) is 0 Å². The van der Waals surface area contributed by atoms with Crippen molar-refractivity contribution in [1.29, 1.82) is 0 Å². The standard InChI is InChI=1S/C23H24N6O2/c1-3-17-11-27-23(15-25-17)29-22-10-21(26-13-19-12-24-8-9-31-19)20(14-28-22)16-4-6-18(30-2)7-5-16/h1,4-7,10-11,14-15,19,24H,8-9,12-13H2,2H3,(H2,26,27,28,29)/t19-/m0/s1. The highest BCUT2D eigenvalue weighted by Gasteiger charge is 2.15. The number of aromatic nitrogens is 3. The largest absolute Gasteiger partial charge is 0.497 e. The second kappa shape index (κ2) is 9.89. The maximum atomic E-state index is 5.82. The highest BCUT2D eigenvalue weighted by Crippen LogP contribution is 2.31. The van der Waals surface area contributed by atoms with E-state index in [1.807, 2.05) is 36.5 Å². The Morgan fingerprint density at radius 1 is 1.16 bits per heavy atom. The van der Waals surface area contributed by atoms with E-state index in [2.05, 4.69) is 36.8 Å². The molecule has 0 amide bonds. The van der Waals surface area contributed by atoms with Gasteiger partial charge in [0.05, 0.1) is 32.2 Å². The number of terminal acetylenes is 1. The van der Waals surface area contributed by atoms with Gasteiger partial charge in [-0.2, -0.15) is 0 Å². The number of nitrogens with zero attached hydrogens (tertiary/aromatic N) is 3. The SMILES string of the molecule is C#Cc1cnc(Nc2cc(NC[C@@H]3CNCCO3)c(-c3ccc(OC)cc3)cn2)cn1. The Kier molecular flexibility index (Phi) is 6.57. The second-order valence-electron chi connectivity index (χ2n) is 6.98. The minimum atomic E-state index is 0.101. The molecule has 0 spiro atoms. The van der Waals surface area contributed by atoms with E-state index in [-0.39, 0.29) is 6.10 Å². The summed E-state index contributed by atoms with van der Waals surface area (Å²) in [5.41, 5.74) is 3.43. The number of morpholine rings is 1. The first-order chi connectivity index (χ1) is 15.2. The summed E-state index contributed by atoms with van der Waals surface area (Å²) in [7, 11) is 1.65. The summed E-state index contributed by atoms with van der Waals surface area (Å²) in [6.45, 7) is 3.10. The molecule has 4 rings (SSSR count). The number of pyridine rings is 1. The molecular formula is C23H24N6O2. The summed E-state index contributed by atoms with van der Waals surface area (Å²) < 4.78 is 11.1. The summed E-state index contributed by atoms with van der Waals surface area (Å²) in [5.74, 6) is 4.47. The lowest BCUT2D eigenvalue weighted by Gasteiger charge is -2.25. The van der Waals surface area contributed by atoms with E-state index >= 15 is 0 Å². The molecule has 1 aliphatic heterocycles. The molecule has 3 aromatic rings. The Morgan fingerprint density at radius 2 is 2.00 bits per heavy atom. The second-order valence-corrected chi connectivity index (χ2v) is 6.98. The Labute approximate surface area is 181 Å². The zero-order chi connectivity index (χ0) is 21.5. The predicted molar refractivity (Wildman–Crippen MR) is 121 cm³/mol. The van der Waals surface area contributed by atoms with Gasteiger partial charge >= 0.3 is 0 Å². The van der Waals surface area contributed by atoms with E-state index in [1.54, 1.807) is 19.5 Å². The topological polar surface area (TPSA) is 93.2 Å². The van der Waals surface area contributed by atoms with Gasteiger partial charge in [-0.15, -0.1) is 6.42 Å². The fraction of sp³-hybridized carbons (Fsp3) is 0.261. The van der Waals surface area contributed by atoms with Crippen LogP contribution in [0.15, 0.2) is 48.9 Å². The van der Waals surface area contributed by atoms with E-state index < -0.39 is 0 Å². The van der Waals surface area contributed by atoms with Gasteiger partial charge in [0.25, 0.3) is 0 Å². The molecule has 158 valence electrons. The summed E-state index contributed by atoms with van der Waals surface area (Å²) in [5, 5.41) is 10.0. The number of benzene rings is 1. The van der Waals surface area contributed by atoms with Crippen LogP contribution in [-0.2, 0) is 4.74 Å². The molecule has 1 aromatic carbocycles. The van der Waals surface area contributed by atoms with Gasteiger partial charge in [0.1, 0.15) is 23.1 Å². The Bertz CT molecular complexity index is 1040. The molecule has 8 heteroatoms. The van der Waals surface area contributed by atoms with Crippen molar-refractivity contribution in [3.63, 3.8) is 0 Å². The Morgan fingerprint density at radius 3 is 2.68 bits per heavy atom. The van der Waals surface area contributed by atoms with Gasteiger partial charge < -0.3 is 25.4 Å². The number of methoxy groups -OCH3 is 1. The summed E-state index contributed by atoms with van der Waals surface area (Å²) in [6.07, 6.45) is 10.4. The maximum absolute atomic E-state index is 5.82. The van der Waals surface area contributed by atoms with Crippen LogP contribution in [0.25, 0.3) is 11.1 Å². The van der Waals surface area contributed by atoms with E-state index in [9.17, 15) is 0 Å². The molecule has 1 fully saturated rings. The van der Waals surface area contributed by atoms with Crippen molar-refractivity contribution >= 4 is 17.3 Å². The summed E-state index contributed by atoms with van der Waals surface area (Å²) in [4.78, 5) is 13.0. The van der Waals surface area contributed by atoms with E-state index in [4.69, 9.17) is 15.9 Å². The van der Waals surface area contributed by atoms with Crippen molar-refractivity contribution in [3.8, 4) is 29.2 Å². The maximum Gasteiger partial charge on any atom is 0.150 e. The number of hydrogen-bond donors (Lipinski definition) is 3. The monoisotopic (exact) mass is 416 g/mol. The number of anilines is 3. The fourth-order valence-electron chi connectivity index (χ4n) is 3.24. The normalized spacial score (nSPS) is 15.7. The molecule has 3 heterocycles. The van der Waals surface area contributed by atoms with Crippen LogP contribution in [0.4, 0.5) is 17.3 Å². The average molecular weight is 416 g/mol. The van der Waals surface area contributed by atoms with Gasteiger partial charge in [-0.1, -0.05) is 12.1 Å². The highest BCUT2D eigenvalue weighted by molar-refractivity contribution is 5.80. The lowest BCUT2D eigenvalue weighted by atomic mass is 10.1. The quantitative estimate of drug-likeness (QED) is 0.506. The van der Waals surface area contributed by atoms with Crippen molar-refractivity contribution in [2.75, 3.05) is 44.0 Å². The van der Waals surface area contributed by atoms with Crippen LogP contribution in [0.3, 0.4) is 0 Å². The molecular weight excluding hydrogens is 392 g/mol. The highest BCUT2D eigenvalue weighted by atomic mass is 16.5. The van der Waals surface area contributed by atoms with E-state index in [1.165, 1.54) is 0 Å². The Hall–Kier alpha value is -3.67. The first-order valence-corrected chi connectivity index (χ1v) is 10.0. The van der Waals surface area contributed by atoms with Gasteiger partial charge in [-0.25, -0.2) is 15.0 Å². The van der Waals surface area contributed by atoms with Gasteiger partial charge in [-0.05, 0) is 23.6 Å². The molecule has 3 N–H and O–H groups in total. The summed E-state index contributed by atoms with van der Waals surface area (Å²) >= 11 is 0. The van der Waals surface area contributed by atoms with Gasteiger partial charge in [0, 0.05) is 43.1 Å². The van der Waals surface area contributed by atoms with Crippen molar-refractivity contribution in [2.24, 2.45) is 0 Å². The summed E-state index contributed by atoms with van der Waals surface area (Å²) in [6, 6.07) is 9.84. The number of rotatable bonds is 7. The molecule has 0 aliphatic carbocycles. The molecule has 2 aromatic heterocycles. The third-order valence-electron chi connectivity index (χ3n) is 4.89. The first kappa shape index (κ1) is 20.6. The third kappa shape index (κ3) is 5.28. The minimum Gasteiger partial charge on any atom is -0.497 e. The van der Waals surface area contributed by atoms with Crippen LogP contribution in [-0.4, -0.2) is 54.4 Å². The molecule has 0 unspecified atom stereocenters. The van der Waals surface area contributed by atoms with E-state index in [0.29, 0.717) is 30.5 Å².